The molecular weight excluding hydrogens is 351 g/mol. The van der Waals surface area contributed by atoms with Gasteiger partial charge in [-0.1, -0.05) is 6.92 Å². The number of aromatic nitrogens is 1. The van der Waals surface area contributed by atoms with E-state index in [9.17, 15) is 14.3 Å². The summed E-state index contributed by atoms with van der Waals surface area (Å²) in [6.45, 7) is 3.16. The molecule has 0 radical (unpaired) electrons. The van der Waals surface area contributed by atoms with E-state index in [0.29, 0.717) is 49.6 Å². The molecule has 7 heteroatoms. The molecule has 144 valence electrons. The third kappa shape index (κ3) is 3.56. The molecule has 4 atom stereocenters. The second-order valence-corrected chi connectivity index (χ2v) is 7.36. The minimum Gasteiger partial charge on any atom is -0.488 e. The lowest BCUT2D eigenvalue weighted by molar-refractivity contribution is -0.0231. The monoisotopic (exact) mass is 374 g/mol. The average molecular weight is 374 g/mol. The van der Waals surface area contributed by atoms with E-state index >= 15 is 0 Å². The third-order valence-electron chi connectivity index (χ3n) is 5.64. The van der Waals surface area contributed by atoms with Gasteiger partial charge in [0.1, 0.15) is 23.4 Å². The Morgan fingerprint density at radius 2 is 2.00 bits per heavy atom. The molecule has 1 saturated heterocycles. The first-order chi connectivity index (χ1) is 13.0. The summed E-state index contributed by atoms with van der Waals surface area (Å²) in [6, 6.07) is 5.81. The van der Waals surface area contributed by atoms with Gasteiger partial charge in [0.25, 0.3) is 5.91 Å². The first-order valence-electron chi connectivity index (χ1n) is 9.37. The maximum atomic E-state index is 13.1. The van der Waals surface area contributed by atoms with Gasteiger partial charge in [-0.25, -0.2) is 9.37 Å². The Morgan fingerprint density at radius 3 is 2.70 bits per heavy atom. The van der Waals surface area contributed by atoms with Crippen LogP contribution in [0.2, 0.25) is 0 Å². The lowest BCUT2D eigenvalue weighted by Gasteiger charge is -2.35. The van der Waals surface area contributed by atoms with Gasteiger partial charge in [-0.3, -0.25) is 4.79 Å². The standard InChI is InChI=1S/C20H23FN2O4/c1-2-17-19(22-11-26-17)20(25)23-9-12-7-16(24)18(8-13(12)10-23)27-15-5-3-14(21)4-6-15/h3-6,11-13,16,18,24H,2,7-10H2,1H3/t12-,13+,16+,18+/m0/s1. The number of fused-ring (bicyclic) bond motifs is 1. The van der Waals surface area contributed by atoms with E-state index in [1.807, 2.05) is 6.92 Å². The van der Waals surface area contributed by atoms with Gasteiger partial charge in [0.2, 0.25) is 0 Å². The van der Waals surface area contributed by atoms with E-state index in [0.717, 1.165) is 0 Å². The van der Waals surface area contributed by atoms with Crippen LogP contribution in [0.5, 0.6) is 5.75 Å². The molecular formula is C20H23FN2O4. The number of aryl methyl sites for hydroxylation is 1. The summed E-state index contributed by atoms with van der Waals surface area (Å²) in [7, 11) is 0. The number of carbonyl (C=O) groups excluding carboxylic acids is 1. The number of oxazole rings is 1. The van der Waals surface area contributed by atoms with Crippen LogP contribution in [-0.4, -0.2) is 46.2 Å². The Balaban J connectivity index is 1.42. The van der Waals surface area contributed by atoms with E-state index in [2.05, 4.69) is 4.98 Å². The highest BCUT2D eigenvalue weighted by atomic mass is 19.1. The predicted molar refractivity (Wildman–Crippen MR) is 94.8 cm³/mol. The second-order valence-electron chi connectivity index (χ2n) is 7.36. The molecule has 27 heavy (non-hydrogen) atoms. The fraction of sp³-hybridized carbons (Fsp3) is 0.500. The highest BCUT2D eigenvalue weighted by Gasteiger charge is 2.44. The molecule has 6 nitrogen and oxygen atoms in total. The van der Waals surface area contributed by atoms with Crippen molar-refractivity contribution in [3.05, 3.63) is 47.9 Å². The smallest absolute Gasteiger partial charge is 0.276 e. The number of halogens is 1. The summed E-state index contributed by atoms with van der Waals surface area (Å²) in [5.74, 6) is 1.22. The Bertz CT molecular complexity index is 807. The Hall–Kier alpha value is -2.41. The molecule has 1 amide bonds. The zero-order valence-electron chi connectivity index (χ0n) is 15.2. The number of ether oxygens (including phenoxy) is 1. The fourth-order valence-corrected chi connectivity index (χ4v) is 4.22. The summed E-state index contributed by atoms with van der Waals surface area (Å²) < 4.78 is 24.2. The Morgan fingerprint density at radius 1 is 1.30 bits per heavy atom. The van der Waals surface area contributed by atoms with Crippen LogP contribution in [0.25, 0.3) is 0 Å². The van der Waals surface area contributed by atoms with Crippen molar-refractivity contribution in [2.24, 2.45) is 11.8 Å². The van der Waals surface area contributed by atoms with Crippen molar-refractivity contribution in [3.63, 3.8) is 0 Å². The Labute approximate surface area is 156 Å². The van der Waals surface area contributed by atoms with Crippen LogP contribution in [0.4, 0.5) is 4.39 Å². The normalized spacial score (nSPS) is 27.4. The highest BCUT2D eigenvalue weighted by Crippen LogP contribution is 2.38. The number of benzene rings is 1. The fourth-order valence-electron chi connectivity index (χ4n) is 4.22. The molecule has 0 spiro atoms. The summed E-state index contributed by atoms with van der Waals surface area (Å²) in [6.07, 6.45) is 2.21. The zero-order valence-corrected chi connectivity index (χ0v) is 15.2. The lowest BCUT2D eigenvalue weighted by Crippen LogP contribution is -2.42. The van der Waals surface area contributed by atoms with Gasteiger partial charge in [-0.05, 0) is 48.9 Å². The van der Waals surface area contributed by atoms with E-state index in [1.165, 1.54) is 18.5 Å². The van der Waals surface area contributed by atoms with Crippen molar-refractivity contribution in [2.45, 2.75) is 38.4 Å². The van der Waals surface area contributed by atoms with E-state index in [1.54, 1.807) is 17.0 Å². The number of amides is 1. The van der Waals surface area contributed by atoms with Gasteiger partial charge < -0.3 is 19.2 Å². The van der Waals surface area contributed by atoms with Crippen LogP contribution in [-0.2, 0) is 6.42 Å². The number of aliphatic hydroxyl groups is 1. The van der Waals surface area contributed by atoms with Gasteiger partial charge in [0, 0.05) is 19.5 Å². The van der Waals surface area contributed by atoms with Gasteiger partial charge in [0.05, 0.1) is 6.10 Å². The molecule has 1 aromatic heterocycles. The van der Waals surface area contributed by atoms with E-state index in [-0.39, 0.29) is 29.7 Å². The van der Waals surface area contributed by atoms with Crippen LogP contribution in [0.1, 0.15) is 36.0 Å². The largest absolute Gasteiger partial charge is 0.488 e. The van der Waals surface area contributed by atoms with Crippen LogP contribution in [0.15, 0.2) is 35.1 Å². The molecule has 1 saturated carbocycles. The molecule has 4 rings (SSSR count). The maximum absolute atomic E-state index is 13.1. The molecule has 1 aliphatic carbocycles. The van der Waals surface area contributed by atoms with Crippen LogP contribution in [0, 0.1) is 17.7 Å². The molecule has 1 N–H and O–H groups in total. The summed E-state index contributed by atoms with van der Waals surface area (Å²) in [5, 5.41) is 10.5. The van der Waals surface area contributed by atoms with Crippen molar-refractivity contribution in [1.29, 1.82) is 0 Å². The molecule has 0 bridgehead atoms. The quantitative estimate of drug-likeness (QED) is 0.890. The number of aliphatic hydroxyl groups excluding tert-OH is 1. The predicted octanol–water partition coefficient (Wildman–Crippen LogP) is 2.67. The van der Waals surface area contributed by atoms with Gasteiger partial charge >= 0.3 is 0 Å². The molecule has 2 aromatic rings. The molecule has 2 heterocycles. The number of likely N-dealkylation sites (tertiary alicyclic amines) is 1. The van der Waals surface area contributed by atoms with Crippen molar-refractivity contribution < 1.29 is 23.4 Å². The second kappa shape index (κ2) is 7.31. The Kier molecular flexibility index (Phi) is 4.86. The number of rotatable bonds is 4. The summed E-state index contributed by atoms with van der Waals surface area (Å²) in [5.41, 5.74) is 0.385. The first-order valence-corrected chi connectivity index (χ1v) is 9.37. The van der Waals surface area contributed by atoms with Crippen LogP contribution < -0.4 is 4.74 Å². The van der Waals surface area contributed by atoms with Crippen molar-refractivity contribution in [3.8, 4) is 5.75 Å². The van der Waals surface area contributed by atoms with Crippen molar-refractivity contribution in [2.75, 3.05) is 13.1 Å². The number of nitrogens with zero attached hydrogens (tertiary/aromatic N) is 2. The number of hydrogen-bond donors (Lipinski definition) is 1. The molecule has 2 aliphatic rings. The number of hydrogen-bond acceptors (Lipinski definition) is 5. The van der Waals surface area contributed by atoms with Gasteiger partial charge in [0.15, 0.2) is 12.1 Å². The average Bonchev–Trinajstić information content (AvgIpc) is 3.29. The van der Waals surface area contributed by atoms with Crippen LogP contribution >= 0.6 is 0 Å². The maximum Gasteiger partial charge on any atom is 0.276 e. The van der Waals surface area contributed by atoms with Crippen molar-refractivity contribution in [1.82, 2.24) is 9.88 Å². The molecule has 0 unspecified atom stereocenters. The highest BCUT2D eigenvalue weighted by molar-refractivity contribution is 5.93. The minimum atomic E-state index is -0.607. The van der Waals surface area contributed by atoms with Crippen molar-refractivity contribution >= 4 is 5.91 Å². The van der Waals surface area contributed by atoms with Gasteiger partial charge in [-0.15, -0.1) is 0 Å². The SMILES string of the molecule is CCc1ocnc1C(=O)N1C[C@H]2C[C@@H](Oc3ccc(F)cc3)[C@H](O)C[C@H]2C1. The lowest BCUT2D eigenvalue weighted by atomic mass is 9.78. The van der Waals surface area contributed by atoms with Crippen LogP contribution in [0.3, 0.4) is 0 Å². The molecule has 2 fully saturated rings. The summed E-state index contributed by atoms with van der Waals surface area (Å²) in [4.78, 5) is 18.7. The van der Waals surface area contributed by atoms with Gasteiger partial charge in [-0.2, -0.15) is 0 Å². The van der Waals surface area contributed by atoms with E-state index in [4.69, 9.17) is 9.15 Å². The molecule has 1 aliphatic heterocycles. The molecule has 1 aromatic carbocycles. The minimum absolute atomic E-state index is 0.111. The summed E-state index contributed by atoms with van der Waals surface area (Å²) >= 11 is 0. The zero-order chi connectivity index (χ0) is 19.0. The topological polar surface area (TPSA) is 75.8 Å². The number of carbonyl (C=O) groups is 1. The van der Waals surface area contributed by atoms with E-state index < -0.39 is 6.10 Å². The third-order valence-corrected chi connectivity index (χ3v) is 5.64. The first kappa shape index (κ1) is 18.0.